The average Bonchev–Trinajstić information content (AvgIpc) is 3.17. The highest BCUT2D eigenvalue weighted by Crippen LogP contribution is 2.27. The van der Waals surface area contributed by atoms with Crippen LogP contribution in [0.25, 0.3) is 0 Å². The Labute approximate surface area is 139 Å². The zero-order valence-electron chi connectivity index (χ0n) is 12.2. The third kappa shape index (κ3) is 4.32. The Balaban J connectivity index is 1.65. The molecule has 0 radical (unpaired) electrons. The summed E-state index contributed by atoms with van der Waals surface area (Å²) < 4.78 is 0. The van der Waals surface area contributed by atoms with Crippen LogP contribution < -0.4 is 10.6 Å². The van der Waals surface area contributed by atoms with Gasteiger partial charge in [-0.3, -0.25) is 4.79 Å². The fourth-order valence-electron chi connectivity index (χ4n) is 2.38. The van der Waals surface area contributed by atoms with E-state index in [1.807, 2.05) is 35.7 Å². The second-order valence-electron chi connectivity index (χ2n) is 5.68. The van der Waals surface area contributed by atoms with Crippen LogP contribution in [-0.4, -0.2) is 19.0 Å². The predicted octanol–water partition coefficient (Wildman–Crippen LogP) is 3.61. The number of hydrogen-bond donors (Lipinski definition) is 2. The minimum Gasteiger partial charge on any atom is -0.344 e. The molecule has 1 heterocycles. The molecule has 1 fully saturated rings. The minimum absolute atomic E-state index is 0.0202. The third-order valence-electron chi connectivity index (χ3n) is 3.80. The second kappa shape index (κ2) is 7.27. The molecule has 2 N–H and O–H groups in total. The Morgan fingerprint density at radius 2 is 2.00 bits per heavy atom. The quantitative estimate of drug-likeness (QED) is 0.812. The standard InChI is InChI=1S/C17H19ClN2OS/c18-15-5-3-13(4-6-15)17(14-7-8-22-11-14)20-16(21)10-19-9-12-1-2-12/h3-8,11-12,17,19H,1-2,9-10H2,(H,20,21). The lowest BCUT2D eigenvalue weighted by Gasteiger charge is -2.19. The first-order valence-corrected chi connectivity index (χ1v) is 8.82. The highest BCUT2D eigenvalue weighted by molar-refractivity contribution is 7.08. The molecule has 1 aromatic heterocycles. The number of thiophene rings is 1. The zero-order chi connectivity index (χ0) is 15.4. The van der Waals surface area contributed by atoms with Gasteiger partial charge in [0.25, 0.3) is 0 Å². The van der Waals surface area contributed by atoms with Gasteiger partial charge in [-0.05, 0) is 65.4 Å². The van der Waals surface area contributed by atoms with Gasteiger partial charge in [0.05, 0.1) is 12.6 Å². The first-order valence-electron chi connectivity index (χ1n) is 7.50. The number of carbonyl (C=O) groups excluding carboxylic acids is 1. The highest BCUT2D eigenvalue weighted by atomic mass is 35.5. The van der Waals surface area contributed by atoms with Gasteiger partial charge in [0.1, 0.15) is 0 Å². The molecule has 0 saturated heterocycles. The van der Waals surface area contributed by atoms with Crippen molar-refractivity contribution in [2.45, 2.75) is 18.9 Å². The Bertz CT molecular complexity index is 608. The van der Waals surface area contributed by atoms with Crippen LogP contribution in [0, 0.1) is 5.92 Å². The lowest BCUT2D eigenvalue weighted by atomic mass is 10.0. The summed E-state index contributed by atoms with van der Waals surface area (Å²) in [5, 5.41) is 11.1. The molecule has 5 heteroatoms. The second-order valence-corrected chi connectivity index (χ2v) is 6.90. The van der Waals surface area contributed by atoms with Gasteiger partial charge >= 0.3 is 0 Å². The van der Waals surface area contributed by atoms with Gasteiger partial charge in [-0.25, -0.2) is 0 Å². The normalized spacial score (nSPS) is 15.5. The van der Waals surface area contributed by atoms with Crippen molar-refractivity contribution in [1.82, 2.24) is 10.6 Å². The van der Waals surface area contributed by atoms with Crippen LogP contribution in [0.5, 0.6) is 0 Å². The maximum atomic E-state index is 12.2. The van der Waals surface area contributed by atoms with Crippen molar-refractivity contribution in [2.75, 3.05) is 13.1 Å². The monoisotopic (exact) mass is 334 g/mol. The Morgan fingerprint density at radius 1 is 1.23 bits per heavy atom. The van der Waals surface area contributed by atoms with Gasteiger partial charge in [0.15, 0.2) is 0 Å². The SMILES string of the molecule is O=C(CNCC1CC1)NC(c1ccc(Cl)cc1)c1ccsc1. The van der Waals surface area contributed by atoms with Gasteiger partial charge in [0, 0.05) is 5.02 Å². The Morgan fingerprint density at radius 3 is 2.64 bits per heavy atom. The average molecular weight is 335 g/mol. The number of hydrogen-bond acceptors (Lipinski definition) is 3. The number of halogens is 1. The van der Waals surface area contributed by atoms with Crippen molar-refractivity contribution in [3.63, 3.8) is 0 Å². The zero-order valence-corrected chi connectivity index (χ0v) is 13.8. The van der Waals surface area contributed by atoms with Crippen molar-refractivity contribution < 1.29 is 4.79 Å². The predicted molar refractivity (Wildman–Crippen MR) is 91.4 cm³/mol. The van der Waals surface area contributed by atoms with E-state index in [-0.39, 0.29) is 11.9 Å². The smallest absolute Gasteiger partial charge is 0.234 e. The van der Waals surface area contributed by atoms with Crippen molar-refractivity contribution in [3.05, 3.63) is 57.2 Å². The minimum atomic E-state index is -0.126. The molecule has 0 bridgehead atoms. The molecule has 2 aromatic rings. The van der Waals surface area contributed by atoms with E-state index in [0.717, 1.165) is 23.6 Å². The fraction of sp³-hybridized carbons (Fsp3) is 0.353. The summed E-state index contributed by atoms with van der Waals surface area (Å²) in [5.74, 6) is 0.795. The van der Waals surface area contributed by atoms with Gasteiger partial charge in [-0.15, -0.1) is 0 Å². The van der Waals surface area contributed by atoms with Gasteiger partial charge in [0.2, 0.25) is 5.91 Å². The molecular formula is C17H19ClN2OS. The first kappa shape index (κ1) is 15.5. The van der Waals surface area contributed by atoms with E-state index in [2.05, 4.69) is 16.0 Å². The molecule has 116 valence electrons. The van der Waals surface area contributed by atoms with Crippen molar-refractivity contribution in [2.24, 2.45) is 5.92 Å². The summed E-state index contributed by atoms with van der Waals surface area (Å²) in [6, 6.07) is 9.55. The van der Waals surface area contributed by atoms with Crippen LogP contribution in [-0.2, 0) is 4.79 Å². The topological polar surface area (TPSA) is 41.1 Å². The number of amides is 1. The number of nitrogens with one attached hydrogen (secondary N) is 2. The maximum absolute atomic E-state index is 12.2. The highest BCUT2D eigenvalue weighted by Gasteiger charge is 2.21. The molecule has 22 heavy (non-hydrogen) atoms. The largest absolute Gasteiger partial charge is 0.344 e. The fourth-order valence-corrected chi connectivity index (χ4v) is 3.19. The van der Waals surface area contributed by atoms with Gasteiger partial charge in [-0.1, -0.05) is 23.7 Å². The van der Waals surface area contributed by atoms with Crippen LogP contribution >= 0.6 is 22.9 Å². The number of rotatable bonds is 7. The maximum Gasteiger partial charge on any atom is 0.234 e. The van der Waals surface area contributed by atoms with Crippen LogP contribution in [0.15, 0.2) is 41.1 Å². The van der Waals surface area contributed by atoms with Crippen LogP contribution in [0.2, 0.25) is 5.02 Å². The Hall–Kier alpha value is -1.36. The molecule has 1 amide bonds. The molecule has 1 aliphatic rings. The molecule has 3 nitrogen and oxygen atoms in total. The summed E-state index contributed by atoms with van der Waals surface area (Å²) in [4.78, 5) is 12.2. The summed E-state index contributed by atoms with van der Waals surface area (Å²) >= 11 is 7.59. The van der Waals surface area contributed by atoms with E-state index in [1.165, 1.54) is 12.8 Å². The van der Waals surface area contributed by atoms with E-state index in [0.29, 0.717) is 11.6 Å². The lowest BCUT2D eigenvalue weighted by Crippen LogP contribution is -2.37. The van der Waals surface area contributed by atoms with Gasteiger partial charge < -0.3 is 10.6 Å². The summed E-state index contributed by atoms with van der Waals surface area (Å²) in [6.45, 7) is 1.31. The van der Waals surface area contributed by atoms with Crippen LogP contribution in [0.3, 0.4) is 0 Å². The summed E-state index contributed by atoms with van der Waals surface area (Å²) in [6.07, 6.45) is 2.58. The van der Waals surface area contributed by atoms with E-state index < -0.39 is 0 Å². The molecule has 1 unspecified atom stereocenters. The number of carbonyl (C=O) groups is 1. The van der Waals surface area contributed by atoms with Gasteiger partial charge in [-0.2, -0.15) is 11.3 Å². The molecule has 1 atom stereocenters. The molecule has 1 aliphatic carbocycles. The third-order valence-corrected chi connectivity index (χ3v) is 4.75. The lowest BCUT2D eigenvalue weighted by molar-refractivity contribution is -0.120. The first-order chi connectivity index (χ1) is 10.7. The van der Waals surface area contributed by atoms with E-state index >= 15 is 0 Å². The van der Waals surface area contributed by atoms with Crippen molar-refractivity contribution in [3.8, 4) is 0 Å². The molecular weight excluding hydrogens is 316 g/mol. The van der Waals surface area contributed by atoms with E-state index in [1.54, 1.807) is 11.3 Å². The van der Waals surface area contributed by atoms with Crippen molar-refractivity contribution >= 4 is 28.8 Å². The Kier molecular flexibility index (Phi) is 5.13. The molecule has 1 aromatic carbocycles. The van der Waals surface area contributed by atoms with Crippen LogP contribution in [0.4, 0.5) is 0 Å². The van der Waals surface area contributed by atoms with Crippen LogP contribution in [0.1, 0.15) is 30.0 Å². The van der Waals surface area contributed by atoms with E-state index in [4.69, 9.17) is 11.6 Å². The molecule has 0 aliphatic heterocycles. The molecule has 3 rings (SSSR count). The summed E-state index contributed by atoms with van der Waals surface area (Å²) in [5.41, 5.74) is 2.14. The number of benzene rings is 1. The van der Waals surface area contributed by atoms with Crippen molar-refractivity contribution in [1.29, 1.82) is 0 Å². The summed E-state index contributed by atoms with van der Waals surface area (Å²) in [7, 11) is 0. The molecule has 0 spiro atoms. The molecule has 1 saturated carbocycles. The van der Waals surface area contributed by atoms with E-state index in [9.17, 15) is 4.79 Å².